The van der Waals surface area contributed by atoms with Gasteiger partial charge in [-0.1, -0.05) is 12.1 Å². The molecule has 2 aromatic rings. The van der Waals surface area contributed by atoms with Crippen LogP contribution >= 0.6 is 0 Å². The predicted molar refractivity (Wildman–Crippen MR) is 87.7 cm³/mol. The molecule has 0 N–H and O–H groups in total. The van der Waals surface area contributed by atoms with Gasteiger partial charge in [0.1, 0.15) is 6.04 Å². The van der Waals surface area contributed by atoms with Gasteiger partial charge in [-0.2, -0.15) is 5.10 Å². The van der Waals surface area contributed by atoms with Crippen LogP contribution in [0.15, 0.2) is 47.6 Å². The lowest BCUT2D eigenvalue weighted by Crippen LogP contribution is -2.35. The van der Waals surface area contributed by atoms with Crippen LogP contribution in [-0.4, -0.2) is 42.3 Å². The van der Waals surface area contributed by atoms with Crippen molar-refractivity contribution < 1.29 is 13.2 Å². The van der Waals surface area contributed by atoms with E-state index in [2.05, 4.69) is 5.10 Å². The number of rotatable bonds is 5. The molecule has 1 amide bonds. The Kier molecular flexibility index (Phi) is 4.89. The van der Waals surface area contributed by atoms with Crippen molar-refractivity contribution in [1.29, 1.82) is 0 Å². The number of carbonyl (C=O) groups excluding carboxylic acids is 1. The zero-order valence-corrected chi connectivity index (χ0v) is 14.5. The molecule has 0 aliphatic rings. The van der Waals surface area contributed by atoms with Gasteiger partial charge >= 0.3 is 0 Å². The molecule has 0 saturated heterocycles. The number of hydrogen-bond acceptors (Lipinski definition) is 4. The molecule has 1 aromatic carbocycles. The molecule has 124 valence electrons. The van der Waals surface area contributed by atoms with Gasteiger partial charge in [-0.15, -0.1) is 0 Å². The molecular formula is C16H21N3O3S. The maximum absolute atomic E-state index is 12.6. The molecule has 2 rings (SSSR count). The van der Waals surface area contributed by atoms with Crippen LogP contribution in [0.25, 0.3) is 0 Å². The summed E-state index contributed by atoms with van der Waals surface area (Å²) in [4.78, 5) is 14.5. The van der Waals surface area contributed by atoms with Gasteiger partial charge in [-0.05, 0) is 37.6 Å². The van der Waals surface area contributed by atoms with Gasteiger partial charge in [0.2, 0.25) is 5.91 Å². The summed E-state index contributed by atoms with van der Waals surface area (Å²) in [5, 5.41) is 4.09. The van der Waals surface area contributed by atoms with Crippen molar-refractivity contribution in [1.82, 2.24) is 14.7 Å². The van der Waals surface area contributed by atoms with Crippen LogP contribution in [0.1, 0.15) is 31.5 Å². The van der Waals surface area contributed by atoms with E-state index in [1.165, 1.54) is 6.26 Å². The maximum Gasteiger partial charge on any atom is 0.247 e. The van der Waals surface area contributed by atoms with E-state index in [1.807, 2.05) is 6.92 Å². The number of benzene rings is 1. The smallest absolute Gasteiger partial charge is 0.247 e. The van der Waals surface area contributed by atoms with E-state index in [4.69, 9.17) is 0 Å². The number of nitrogens with zero attached hydrogens (tertiary/aromatic N) is 3. The zero-order chi connectivity index (χ0) is 17.2. The fourth-order valence-electron chi connectivity index (χ4n) is 2.33. The lowest BCUT2D eigenvalue weighted by atomic mass is 10.1. The Morgan fingerprint density at radius 1 is 1.22 bits per heavy atom. The van der Waals surface area contributed by atoms with Gasteiger partial charge in [-0.25, -0.2) is 8.42 Å². The van der Waals surface area contributed by atoms with E-state index >= 15 is 0 Å². The molecule has 1 heterocycles. The third-order valence-electron chi connectivity index (χ3n) is 4.00. The minimum atomic E-state index is -3.22. The molecule has 0 fully saturated rings. The Morgan fingerprint density at radius 2 is 1.83 bits per heavy atom. The Balaban J connectivity index is 2.16. The third-order valence-corrected chi connectivity index (χ3v) is 5.13. The molecule has 0 bridgehead atoms. The first-order valence-corrected chi connectivity index (χ1v) is 9.16. The maximum atomic E-state index is 12.6. The Labute approximate surface area is 136 Å². The fourth-order valence-corrected chi connectivity index (χ4v) is 2.96. The minimum Gasteiger partial charge on any atom is -0.337 e. The number of likely N-dealkylation sites (N-methyl/N-ethyl adjacent to an activating group) is 1. The van der Waals surface area contributed by atoms with Gasteiger partial charge in [0.05, 0.1) is 10.9 Å². The molecule has 0 saturated carbocycles. The largest absolute Gasteiger partial charge is 0.337 e. The summed E-state index contributed by atoms with van der Waals surface area (Å²) in [6, 6.07) is 7.82. The van der Waals surface area contributed by atoms with E-state index < -0.39 is 15.9 Å². The van der Waals surface area contributed by atoms with Crippen LogP contribution in [0.4, 0.5) is 0 Å². The molecule has 7 heteroatoms. The molecule has 0 aliphatic heterocycles. The first kappa shape index (κ1) is 17.2. The van der Waals surface area contributed by atoms with Gasteiger partial charge in [-0.3, -0.25) is 9.48 Å². The van der Waals surface area contributed by atoms with Crippen LogP contribution in [-0.2, 0) is 14.6 Å². The van der Waals surface area contributed by atoms with Crippen molar-refractivity contribution >= 4 is 15.7 Å². The van der Waals surface area contributed by atoms with E-state index in [1.54, 1.807) is 66.3 Å². The summed E-state index contributed by atoms with van der Waals surface area (Å²) in [6.45, 7) is 3.70. The van der Waals surface area contributed by atoms with Gasteiger partial charge in [0.15, 0.2) is 9.84 Å². The number of amides is 1. The summed E-state index contributed by atoms with van der Waals surface area (Å²) in [7, 11) is -1.48. The number of carbonyl (C=O) groups is 1. The lowest BCUT2D eigenvalue weighted by Gasteiger charge is -2.28. The van der Waals surface area contributed by atoms with Crippen LogP contribution in [0.2, 0.25) is 0 Å². The highest BCUT2D eigenvalue weighted by Crippen LogP contribution is 2.23. The normalized spacial score (nSPS) is 14.3. The van der Waals surface area contributed by atoms with Crippen molar-refractivity contribution in [2.45, 2.75) is 30.8 Å². The van der Waals surface area contributed by atoms with Crippen molar-refractivity contribution in [2.24, 2.45) is 0 Å². The second-order valence-electron chi connectivity index (χ2n) is 5.63. The van der Waals surface area contributed by atoms with E-state index in [-0.39, 0.29) is 16.8 Å². The second kappa shape index (κ2) is 6.54. The molecule has 0 aliphatic carbocycles. The first-order chi connectivity index (χ1) is 10.7. The highest BCUT2D eigenvalue weighted by molar-refractivity contribution is 7.90. The van der Waals surface area contributed by atoms with Crippen molar-refractivity contribution in [3.63, 3.8) is 0 Å². The topological polar surface area (TPSA) is 72.3 Å². The van der Waals surface area contributed by atoms with Crippen LogP contribution < -0.4 is 0 Å². The van der Waals surface area contributed by atoms with Crippen molar-refractivity contribution in [2.75, 3.05) is 13.3 Å². The van der Waals surface area contributed by atoms with Gasteiger partial charge in [0.25, 0.3) is 0 Å². The highest BCUT2D eigenvalue weighted by atomic mass is 32.2. The predicted octanol–water partition coefficient (Wildman–Crippen LogP) is 2.07. The van der Waals surface area contributed by atoms with Gasteiger partial charge in [0, 0.05) is 25.7 Å². The Morgan fingerprint density at radius 3 is 2.30 bits per heavy atom. The Hall–Kier alpha value is -2.15. The summed E-state index contributed by atoms with van der Waals surface area (Å²) in [5.41, 5.74) is 0.876. The summed E-state index contributed by atoms with van der Waals surface area (Å²) in [6.07, 6.45) is 4.56. The van der Waals surface area contributed by atoms with E-state index in [0.29, 0.717) is 0 Å². The molecule has 2 atom stereocenters. The van der Waals surface area contributed by atoms with Crippen LogP contribution in [0, 0.1) is 0 Å². The minimum absolute atomic E-state index is 0.0617. The molecule has 0 radical (unpaired) electrons. The molecule has 1 aromatic heterocycles. The second-order valence-corrected chi connectivity index (χ2v) is 7.64. The molecule has 23 heavy (non-hydrogen) atoms. The van der Waals surface area contributed by atoms with Crippen LogP contribution in [0.3, 0.4) is 0 Å². The number of hydrogen-bond donors (Lipinski definition) is 0. The van der Waals surface area contributed by atoms with E-state index in [0.717, 1.165) is 5.56 Å². The number of aromatic nitrogens is 2. The quantitative estimate of drug-likeness (QED) is 0.838. The average Bonchev–Trinajstić information content (AvgIpc) is 3.05. The molecule has 6 nitrogen and oxygen atoms in total. The van der Waals surface area contributed by atoms with Crippen molar-refractivity contribution in [3.8, 4) is 0 Å². The van der Waals surface area contributed by atoms with Crippen molar-refractivity contribution in [3.05, 3.63) is 48.3 Å². The van der Waals surface area contributed by atoms with E-state index in [9.17, 15) is 13.2 Å². The standard InChI is InChI=1S/C16H21N3O3S/c1-12(14-6-8-15(9-7-14)23(4,21)22)18(3)16(20)13(2)19-11-5-10-17-19/h5-13H,1-4H3. The zero-order valence-electron chi connectivity index (χ0n) is 13.7. The fraction of sp³-hybridized carbons (Fsp3) is 0.375. The first-order valence-electron chi connectivity index (χ1n) is 7.27. The molecule has 2 unspecified atom stereocenters. The monoisotopic (exact) mass is 335 g/mol. The summed E-state index contributed by atoms with van der Waals surface area (Å²) < 4.78 is 24.6. The lowest BCUT2D eigenvalue weighted by molar-refractivity contribution is -0.135. The average molecular weight is 335 g/mol. The number of sulfone groups is 1. The molecular weight excluding hydrogens is 314 g/mol. The third kappa shape index (κ3) is 3.79. The van der Waals surface area contributed by atoms with Gasteiger partial charge < -0.3 is 4.90 Å². The van der Waals surface area contributed by atoms with Crippen LogP contribution in [0.5, 0.6) is 0 Å². The highest BCUT2D eigenvalue weighted by Gasteiger charge is 2.24. The summed E-state index contributed by atoms with van der Waals surface area (Å²) >= 11 is 0. The molecule has 0 spiro atoms. The summed E-state index contributed by atoms with van der Waals surface area (Å²) in [5.74, 6) is -0.0617. The SMILES string of the molecule is CC(c1ccc(S(C)(=O)=O)cc1)N(C)C(=O)C(C)n1cccn1. The Bertz CT molecular complexity index is 767.